The minimum absolute atomic E-state index is 0.610. The van der Waals surface area contributed by atoms with Crippen LogP contribution in [-0.4, -0.2) is 13.1 Å². The van der Waals surface area contributed by atoms with E-state index in [2.05, 4.69) is 31.4 Å². The molecule has 0 radical (unpaired) electrons. The Morgan fingerprint density at radius 1 is 1.53 bits per heavy atom. The van der Waals surface area contributed by atoms with Crippen molar-refractivity contribution in [3.8, 4) is 0 Å². The maximum absolute atomic E-state index is 5.97. The van der Waals surface area contributed by atoms with Crippen LogP contribution in [0.25, 0.3) is 0 Å². The first-order valence-electron chi connectivity index (χ1n) is 5.62. The predicted octanol–water partition coefficient (Wildman–Crippen LogP) is 3.13. The summed E-state index contributed by atoms with van der Waals surface area (Å²) in [6.07, 6.45) is 2.46. The number of hydrogen-bond acceptors (Lipinski definition) is 1. The molecule has 0 spiro atoms. The molecule has 0 saturated heterocycles. The number of likely N-dealkylation sites (N-methyl/N-ethyl adjacent to an activating group) is 1. The van der Waals surface area contributed by atoms with Gasteiger partial charge in [0.25, 0.3) is 0 Å². The summed E-state index contributed by atoms with van der Waals surface area (Å²) in [5, 5.41) is 4.26. The first-order valence-corrected chi connectivity index (χ1v) is 6.00. The summed E-state index contributed by atoms with van der Waals surface area (Å²) in [6.45, 7) is 2.33. The second kappa shape index (κ2) is 4.54. The summed E-state index contributed by atoms with van der Waals surface area (Å²) < 4.78 is 0. The fourth-order valence-corrected chi connectivity index (χ4v) is 2.51. The van der Waals surface area contributed by atoms with Gasteiger partial charge in [-0.2, -0.15) is 0 Å². The summed E-state index contributed by atoms with van der Waals surface area (Å²) in [4.78, 5) is 0. The van der Waals surface area contributed by atoms with Crippen LogP contribution in [0.5, 0.6) is 0 Å². The molecule has 1 aliphatic carbocycles. The molecule has 1 aromatic carbocycles. The van der Waals surface area contributed by atoms with Crippen LogP contribution in [0.2, 0.25) is 5.02 Å². The molecule has 1 N–H and O–H groups in total. The Balaban J connectivity index is 2.00. The van der Waals surface area contributed by atoms with Crippen molar-refractivity contribution in [1.82, 2.24) is 5.32 Å². The second-order valence-electron chi connectivity index (χ2n) is 4.61. The van der Waals surface area contributed by atoms with E-state index in [4.69, 9.17) is 11.6 Å². The summed E-state index contributed by atoms with van der Waals surface area (Å²) >= 11 is 5.97. The van der Waals surface area contributed by atoms with Crippen molar-refractivity contribution >= 4 is 11.6 Å². The SMILES string of the molecule is CNC(Cc1cccc(Cl)c1)C1CC1C. The zero-order valence-corrected chi connectivity index (χ0v) is 10.1. The van der Waals surface area contributed by atoms with Crippen molar-refractivity contribution in [2.75, 3.05) is 7.05 Å². The van der Waals surface area contributed by atoms with E-state index in [1.54, 1.807) is 0 Å². The average molecular weight is 224 g/mol. The molecule has 0 bridgehead atoms. The molecule has 1 nitrogen and oxygen atoms in total. The minimum Gasteiger partial charge on any atom is -0.316 e. The van der Waals surface area contributed by atoms with Crippen molar-refractivity contribution in [2.45, 2.75) is 25.8 Å². The van der Waals surface area contributed by atoms with Crippen molar-refractivity contribution < 1.29 is 0 Å². The van der Waals surface area contributed by atoms with Crippen LogP contribution in [0.4, 0.5) is 0 Å². The van der Waals surface area contributed by atoms with Gasteiger partial charge in [0.1, 0.15) is 0 Å². The molecule has 0 heterocycles. The highest BCUT2D eigenvalue weighted by molar-refractivity contribution is 6.30. The molecule has 1 fully saturated rings. The van der Waals surface area contributed by atoms with Crippen molar-refractivity contribution in [3.05, 3.63) is 34.9 Å². The lowest BCUT2D eigenvalue weighted by atomic mass is 10.0. The molecule has 2 rings (SSSR count). The van der Waals surface area contributed by atoms with Gasteiger partial charge in [-0.25, -0.2) is 0 Å². The van der Waals surface area contributed by atoms with E-state index in [1.165, 1.54) is 12.0 Å². The van der Waals surface area contributed by atoms with Gasteiger partial charge < -0.3 is 5.32 Å². The Hall–Kier alpha value is -0.530. The van der Waals surface area contributed by atoms with Crippen molar-refractivity contribution in [1.29, 1.82) is 0 Å². The van der Waals surface area contributed by atoms with Gasteiger partial charge in [-0.3, -0.25) is 0 Å². The normalized spacial score (nSPS) is 26.3. The van der Waals surface area contributed by atoms with E-state index in [-0.39, 0.29) is 0 Å². The number of benzene rings is 1. The number of halogens is 1. The van der Waals surface area contributed by atoms with Gasteiger partial charge >= 0.3 is 0 Å². The molecule has 0 aromatic heterocycles. The van der Waals surface area contributed by atoms with Gasteiger partial charge in [0.2, 0.25) is 0 Å². The zero-order valence-electron chi connectivity index (χ0n) is 9.33. The molecular formula is C13H18ClN. The number of nitrogens with one attached hydrogen (secondary N) is 1. The fourth-order valence-electron chi connectivity index (χ4n) is 2.30. The topological polar surface area (TPSA) is 12.0 Å². The predicted molar refractivity (Wildman–Crippen MR) is 65.3 cm³/mol. The molecule has 3 unspecified atom stereocenters. The Morgan fingerprint density at radius 2 is 2.27 bits per heavy atom. The number of rotatable bonds is 4. The van der Waals surface area contributed by atoms with Crippen LogP contribution in [0, 0.1) is 11.8 Å². The lowest BCUT2D eigenvalue weighted by molar-refractivity contribution is 0.479. The van der Waals surface area contributed by atoms with Gasteiger partial charge in [0.15, 0.2) is 0 Å². The van der Waals surface area contributed by atoms with Crippen molar-refractivity contribution in [2.24, 2.45) is 11.8 Å². The highest BCUT2D eigenvalue weighted by Gasteiger charge is 2.38. The van der Waals surface area contributed by atoms with Gasteiger partial charge in [0.05, 0.1) is 0 Å². The van der Waals surface area contributed by atoms with E-state index in [1.807, 2.05) is 12.1 Å². The quantitative estimate of drug-likeness (QED) is 0.827. The third-order valence-corrected chi connectivity index (χ3v) is 3.64. The minimum atomic E-state index is 0.610. The first kappa shape index (κ1) is 11.0. The van der Waals surface area contributed by atoms with Gasteiger partial charge in [-0.1, -0.05) is 30.7 Å². The standard InChI is InChI=1S/C13H18ClN/c1-9-6-12(9)13(15-2)8-10-4-3-5-11(14)7-10/h3-5,7,9,12-13,15H,6,8H2,1-2H3. The molecule has 1 aromatic rings. The van der Waals surface area contributed by atoms with Gasteiger partial charge in [-0.05, 0) is 49.4 Å². The summed E-state index contributed by atoms with van der Waals surface area (Å²) in [5.41, 5.74) is 1.33. The third-order valence-electron chi connectivity index (χ3n) is 3.40. The Bertz CT molecular complexity index is 337. The smallest absolute Gasteiger partial charge is 0.0408 e. The van der Waals surface area contributed by atoms with Crippen molar-refractivity contribution in [3.63, 3.8) is 0 Å². The monoisotopic (exact) mass is 223 g/mol. The lowest BCUT2D eigenvalue weighted by Gasteiger charge is -2.16. The highest BCUT2D eigenvalue weighted by atomic mass is 35.5. The molecule has 15 heavy (non-hydrogen) atoms. The molecule has 82 valence electrons. The zero-order chi connectivity index (χ0) is 10.8. The molecule has 2 heteroatoms. The Labute approximate surface area is 96.8 Å². The first-order chi connectivity index (χ1) is 7.20. The largest absolute Gasteiger partial charge is 0.316 e. The third kappa shape index (κ3) is 2.73. The van der Waals surface area contributed by atoms with E-state index in [9.17, 15) is 0 Å². The van der Waals surface area contributed by atoms with Gasteiger partial charge in [0, 0.05) is 11.1 Å². The van der Waals surface area contributed by atoms with E-state index < -0.39 is 0 Å². The summed E-state index contributed by atoms with van der Waals surface area (Å²) in [5.74, 6) is 1.75. The van der Waals surface area contributed by atoms with Crippen LogP contribution in [0.1, 0.15) is 18.9 Å². The molecule has 0 amide bonds. The maximum Gasteiger partial charge on any atom is 0.0408 e. The summed E-state index contributed by atoms with van der Waals surface area (Å²) in [6, 6.07) is 8.79. The second-order valence-corrected chi connectivity index (χ2v) is 5.04. The molecule has 1 aliphatic rings. The average Bonchev–Trinajstić information content (AvgIpc) is 2.92. The van der Waals surface area contributed by atoms with E-state index in [0.29, 0.717) is 6.04 Å². The van der Waals surface area contributed by atoms with Crippen LogP contribution in [-0.2, 0) is 6.42 Å². The Kier molecular flexibility index (Phi) is 3.32. The number of hydrogen-bond donors (Lipinski definition) is 1. The Morgan fingerprint density at radius 3 is 2.80 bits per heavy atom. The van der Waals surface area contributed by atoms with Crippen LogP contribution >= 0.6 is 11.6 Å². The van der Waals surface area contributed by atoms with Crippen LogP contribution in [0.3, 0.4) is 0 Å². The maximum atomic E-state index is 5.97. The molecular weight excluding hydrogens is 206 g/mol. The molecule has 3 atom stereocenters. The highest BCUT2D eigenvalue weighted by Crippen LogP contribution is 2.41. The molecule has 1 saturated carbocycles. The summed E-state index contributed by atoms with van der Waals surface area (Å²) in [7, 11) is 2.06. The van der Waals surface area contributed by atoms with E-state index in [0.717, 1.165) is 23.3 Å². The fraction of sp³-hybridized carbons (Fsp3) is 0.538. The van der Waals surface area contributed by atoms with Crippen LogP contribution in [0.15, 0.2) is 24.3 Å². The molecule has 0 aliphatic heterocycles. The van der Waals surface area contributed by atoms with E-state index >= 15 is 0 Å². The van der Waals surface area contributed by atoms with Gasteiger partial charge in [-0.15, -0.1) is 0 Å². The van der Waals surface area contributed by atoms with Crippen LogP contribution < -0.4 is 5.32 Å². The lowest BCUT2D eigenvalue weighted by Crippen LogP contribution is -2.30.